The summed E-state index contributed by atoms with van der Waals surface area (Å²) in [5, 5.41) is 8.51. The number of aromatic nitrogens is 2. The van der Waals surface area contributed by atoms with Crippen LogP contribution in [0, 0.1) is 0 Å². The number of nitrogens with zero attached hydrogens (tertiary/aromatic N) is 2. The van der Waals surface area contributed by atoms with Gasteiger partial charge in [0.2, 0.25) is 0 Å². The minimum Gasteiger partial charge on any atom is -0.382 e. The van der Waals surface area contributed by atoms with Crippen molar-refractivity contribution in [2.24, 2.45) is 0 Å². The Labute approximate surface area is 183 Å². The molecule has 1 saturated heterocycles. The van der Waals surface area contributed by atoms with E-state index in [-0.39, 0.29) is 29.3 Å². The lowest BCUT2D eigenvalue weighted by molar-refractivity contribution is 0.102. The molecule has 1 atom stereocenters. The fourth-order valence-electron chi connectivity index (χ4n) is 3.25. The zero-order chi connectivity index (χ0) is 21.3. The van der Waals surface area contributed by atoms with Gasteiger partial charge in [0.25, 0.3) is 5.91 Å². The van der Waals surface area contributed by atoms with E-state index < -0.39 is 9.84 Å². The number of nitrogens with one attached hydrogen (secondary N) is 1. The smallest absolute Gasteiger partial charge is 0.255 e. The molecule has 10 heteroatoms. The number of halogens is 1. The molecule has 1 aromatic heterocycles. The van der Waals surface area contributed by atoms with Gasteiger partial charge in [-0.1, -0.05) is 41.6 Å². The molecule has 2 heterocycles. The van der Waals surface area contributed by atoms with Crippen LogP contribution in [0.1, 0.15) is 22.8 Å². The van der Waals surface area contributed by atoms with Gasteiger partial charge >= 0.3 is 0 Å². The van der Waals surface area contributed by atoms with Crippen molar-refractivity contribution in [3.63, 3.8) is 0 Å². The Balaban J connectivity index is 1.70. The summed E-state index contributed by atoms with van der Waals surface area (Å²) in [5.74, 6) is -0.00471. The molecule has 1 amide bonds. The van der Waals surface area contributed by atoms with Gasteiger partial charge in [-0.15, -0.1) is 0 Å². The number of anilines is 2. The molecule has 3 N–H and O–H groups in total. The molecule has 1 fully saturated rings. The van der Waals surface area contributed by atoms with Crippen molar-refractivity contribution in [2.75, 3.05) is 22.6 Å². The average Bonchev–Trinajstić information content (AvgIpc) is 3.24. The number of carbonyl (C=O) groups is 1. The van der Waals surface area contributed by atoms with Gasteiger partial charge in [0.1, 0.15) is 16.5 Å². The van der Waals surface area contributed by atoms with E-state index in [1.165, 1.54) is 16.4 Å². The summed E-state index contributed by atoms with van der Waals surface area (Å²) in [4.78, 5) is 13.6. The van der Waals surface area contributed by atoms with Crippen LogP contribution >= 0.6 is 23.4 Å². The van der Waals surface area contributed by atoms with Crippen LogP contribution in [-0.4, -0.2) is 35.6 Å². The van der Waals surface area contributed by atoms with Crippen LogP contribution in [0.15, 0.2) is 64.5 Å². The zero-order valence-electron chi connectivity index (χ0n) is 15.8. The summed E-state index contributed by atoms with van der Waals surface area (Å²) in [5.41, 5.74) is 7.18. The Morgan fingerprint density at radius 2 is 1.87 bits per heavy atom. The van der Waals surface area contributed by atoms with Crippen LogP contribution in [-0.2, 0) is 9.84 Å². The number of nitrogens with two attached hydrogens (primary N) is 1. The van der Waals surface area contributed by atoms with E-state index in [0.29, 0.717) is 27.7 Å². The molecule has 1 aliphatic rings. The summed E-state index contributed by atoms with van der Waals surface area (Å²) in [7, 11) is -3.12. The van der Waals surface area contributed by atoms with Gasteiger partial charge in [0.05, 0.1) is 17.5 Å². The van der Waals surface area contributed by atoms with Crippen LogP contribution in [0.2, 0.25) is 5.02 Å². The van der Waals surface area contributed by atoms with Crippen molar-refractivity contribution in [3.05, 3.63) is 65.2 Å². The number of rotatable bonds is 5. The molecule has 1 aliphatic heterocycles. The molecule has 4 rings (SSSR count). The number of carbonyl (C=O) groups excluding carboxylic acids is 1. The normalized spacial score (nSPS) is 17.7. The summed E-state index contributed by atoms with van der Waals surface area (Å²) in [6.45, 7) is 0. The molecular formula is C20H19ClN4O3S2. The van der Waals surface area contributed by atoms with Crippen molar-refractivity contribution < 1.29 is 13.2 Å². The van der Waals surface area contributed by atoms with E-state index in [1.807, 2.05) is 18.2 Å². The van der Waals surface area contributed by atoms with E-state index in [1.54, 1.807) is 36.4 Å². The van der Waals surface area contributed by atoms with E-state index in [4.69, 9.17) is 17.3 Å². The Morgan fingerprint density at radius 3 is 2.50 bits per heavy atom. The van der Waals surface area contributed by atoms with Crippen molar-refractivity contribution >= 4 is 50.6 Å². The number of sulfone groups is 1. The highest BCUT2D eigenvalue weighted by molar-refractivity contribution is 7.99. The Hall–Kier alpha value is -2.49. The first-order chi connectivity index (χ1) is 14.3. The van der Waals surface area contributed by atoms with E-state index in [9.17, 15) is 13.2 Å². The molecule has 3 aromatic rings. The Morgan fingerprint density at radius 1 is 1.17 bits per heavy atom. The average molecular weight is 463 g/mol. The molecule has 0 radical (unpaired) electrons. The fraction of sp³-hybridized carbons (Fsp3) is 0.200. The zero-order valence-corrected chi connectivity index (χ0v) is 18.2. The molecule has 156 valence electrons. The van der Waals surface area contributed by atoms with Gasteiger partial charge < -0.3 is 11.1 Å². The molecular weight excluding hydrogens is 444 g/mol. The molecule has 0 bridgehead atoms. The van der Waals surface area contributed by atoms with Gasteiger partial charge in [-0.25, -0.2) is 13.1 Å². The van der Waals surface area contributed by atoms with E-state index in [0.717, 1.165) is 4.90 Å². The minimum atomic E-state index is -3.12. The first-order valence-electron chi connectivity index (χ1n) is 9.20. The summed E-state index contributed by atoms with van der Waals surface area (Å²) >= 11 is 7.28. The van der Waals surface area contributed by atoms with Crippen molar-refractivity contribution in [1.82, 2.24) is 9.78 Å². The number of hydrogen-bond donors (Lipinski definition) is 2. The maximum atomic E-state index is 12.7. The third-order valence-corrected chi connectivity index (χ3v) is 7.76. The summed E-state index contributed by atoms with van der Waals surface area (Å²) in [6, 6.07) is 15.6. The number of amides is 1. The highest BCUT2D eigenvalue weighted by atomic mass is 35.5. The second-order valence-electron chi connectivity index (χ2n) is 6.94. The largest absolute Gasteiger partial charge is 0.382 e. The van der Waals surface area contributed by atoms with Crippen molar-refractivity contribution in [2.45, 2.75) is 22.4 Å². The number of benzene rings is 2. The topological polar surface area (TPSA) is 107 Å². The van der Waals surface area contributed by atoms with Crippen molar-refractivity contribution in [3.8, 4) is 0 Å². The first-order valence-corrected chi connectivity index (χ1v) is 12.2. The number of hydrogen-bond acceptors (Lipinski definition) is 6. The Kier molecular flexibility index (Phi) is 5.77. The van der Waals surface area contributed by atoms with E-state index in [2.05, 4.69) is 10.4 Å². The molecule has 1 unspecified atom stereocenters. The van der Waals surface area contributed by atoms with Crippen LogP contribution in [0.4, 0.5) is 11.5 Å². The highest BCUT2D eigenvalue weighted by Gasteiger charge is 2.33. The lowest BCUT2D eigenvalue weighted by Gasteiger charge is -2.11. The monoisotopic (exact) mass is 462 g/mol. The maximum Gasteiger partial charge on any atom is 0.255 e. The van der Waals surface area contributed by atoms with Crippen LogP contribution in [0.25, 0.3) is 0 Å². The molecule has 7 nitrogen and oxygen atoms in total. The number of nitrogen functional groups attached to an aromatic ring is 1. The quantitative estimate of drug-likeness (QED) is 0.595. The molecule has 0 saturated carbocycles. The minimum absolute atomic E-state index is 0.0179. The van der Waals surface area contributed by atoms with Crippen LogP contribution in [0.5, 0.6) is 0 Å². The molecule has 0 spiro atoms. The predicted molar refractivity (Wildman–Crippen MR) is 119 cm³/mol. The Bertz CT molecular complexity index is 1180. The summed E-state index contributed by atoms with van der Waals surface area (Å²) < 4.78 is 25.4. The molecule has 2 aromatic carbocycles. The SMILES string of the molecule is Nc1c(NC(=O)c2ccccc2)c(Sc2ccc(Cl)cc2)nn1C1CCS(=O)(=O)C1. The third-order valence-electron chi connectivity index (χ3n) is 4.77. The van der Waals surface area contributed by atoms with Gasteiger partial charge in [-0.3, -0.25) is 4.79 Å². The molecule has 0 aliphatic carbocycles. The van der Waals surface area contributed by atoms with Crippen molar-refractivity contribution in [1.29, 1.82) is 0 Å². The van der Waals surface area contributed by atoms with Gasteiger partial charge in [-0.05, 0) is 42.8 Å². The second kappa shape index (κ2) is 8.33. The van der Waals surface area contributed by atoms with Crippen LogP contribution < -0.4 is 11.1 Å². The highest BCUT2D eigenvalue weighted by Crippen LogP contribution is 2.39. The molecule has 30 heavy (non-hydrogen) atoms. The van der Waals surface area contributed by atoms with Crippen LogP contribution in [0.3, 0.4) is 0 Å². The lowest BCUT2D eigenvalue weighted by Crippen LogP contribution is -2.16. The maximum absolute atomic E-state index is 12.7. The van der Waals surface area contributed by atoms with E-state index >= 15 is 0 Å². The standard InChI is InChI=1S/C20H19ClN4O3S2/c21-14-6-8-16(9-7-14)29-20-17(23-19(26)13-4-2-1-3-5-13)18(22)25(24-20)15-10-11-30(27,28)12-15/h1-9,15H,10-12,22H2,(H,23,26). The lowest BCUT2D eigenvalue weighted by atomic mass is 10.2. The fourth-order valence-corrected chi connectivity index (χ4v) is 5.95. The summed E-state index contributed by atoms with van der Waals surface area (Å²) in [6.07, 6.45) is 0.436. The predicted octanol–water partition coefficient (Wildman–Crippen LogP) is 3.88. The van der Waals surface area contributed by atoms with Gasteiger partial charge in [0, 0.05) is 15.5 Å². The first kappa shape index (κ1) is 20.8. The van der Waals surface area contributed by atoms with Gasteiger partial charge in [0.15, 0.2) is 9.84 Å². The van der Waals surface area contributed by atoms with Gasteiger partial charge in [-0.2, -0.15) is 5.10 Å². The third kappa shape index (κ3) is 4.48. The second-order valence-corrected chi connectivity index (χ2v) is 10.7.